The van der Waals surface area contributed by atoms with Gasteiger partial charge in [0.05, 0.1) is 30.3 Å². The number of halogens is 4. The molecule has 2 aromatic rings. The Labute approximate surface area is 165 Å². The monoisotopic (exact) mass is 413 g/mol. The third-order valence-corrected chi connectivity index (χ3v) is 4.58. The van der Waals surface area contributed by atoms with E-state index in [1.165, 1.54) is 6.07 Å². The van der Waals surface area contributed by atoms with Crippen LogP contribution in [-0.4, -0.2) is 38.8 Å². The van der Waals surface area contributed by atoms with Gasteiger partial charge in [-0.15, -0.1) is 0 Å². The molecule has 2 N–H and O–H groups in total. The topological polar surface area (TPSA) is 53.6 Å². The molecule has 2 aromatic carbocycles. The number of rotatable bonds is 5. The number of hydrogen-bond acceptors (Lipinski definition) is 4. The number of benzene rings is 2. The van der Waals surface area contributed by atoms with Crippen LogP contribution >= 0.6 is 11.6 Å². The number of nitrogens with zero attached hydrogens (tertiary/aromatic N) is 1. The molecule has 0 aromatic heterocycles. The first-order valence-corrected chi connectivity index (χ1v) is 9.04. The molecule has 0 unspecified atom stereocenters. The molecular formula is C19H19ClF3N3O2. The number of anilines is 3. The van der Waals surface area contributed by atoms with Crippen LogP contribution in [0.5, 0.6) is 0 Å². The third kappa shape index (κ3) is 5.30. The second kappa shape index (κ2) is 8.70. The van der Waals surface area contributed by atoms with Crippen molar-refractivity contribution >= 4 is 34.6 Å². The molecule has 0 atom stereocenters. The first kappa shape index (κ1) is 20.3. The van der Waals surface area contributed by atoms with E-state index in [0.717, 1.165) is 30.9 Å². The summed E-state index contributed by atoms with van der Waals surface area (Å²) in [4.78, 5) is 14.3. The molecule has 1 fully saturated rings. The van der Waals surface area contributed by atoms with Gasteiger partial charge in [0, 0.05) is 30.2 Å². The summed E-state index contributed by atoms with van der Waals surface area (Å²) in [6.45, 7) is 2.83. The van der Waals surface area contributed by atoms with Crippen LogP contribution in [0, 0.1) is 0 Å². The van der Waals surface area contributed by atoms with E-state index in [-0.39, 0.29) is 23.2 Å². The number of hydrogen-bond donors (Lipinski definition) is 2. The van der Waals surface area contributed by atoms with Gasteiger partial charge in [0.1, 0.15) is 0 Å². The van der Waals surface area contributed by atoms with E-state index in [0.29, 0.717) is 18.9 Å². The van der Waals surface area contributed by atoms with Crippen molar-refractivity contribution in [2.45, 2.75) is 6.18 Å². The lowest BCUT2D eigenvalue weighted by Gasteiger charge is -2.28. The van der Waals surface area contributed by atoms with Crippen LogP contribution in [0.15, 0.2) is 42.5 Å². The van der Waals surface area contributed by atoms with E-state index >= 15 is 0 Å². The van der Waals surface area contributed by atoms with Crippen molar-refractivity contribution in [1.29, 1.82) is 0 Å². The summed E-state index contributed by atoms with van der Waals surface area (Å²) in [7, 11) is 0. The fraction of sp³-hybridized carbons (Fsp3) is 0.316. The van der Waals surface area contributed by atoms with Crippen molar-refractivity contribution in [3.63, 3.8) is 0 Å². The highest BCUT2D eigenvalue weighted by Crippen LogP contribution is 2.36. The normalized spacial score (nSPS) is 14.6. The second-order valence-corrected chi connectivity index (χ2v) is 6.65. The minimum Gasteiger partial charge on any atom is -0.378 e. The largest absolute Gasteiger partial charge is 0.417 e. The molecule has 0 saturated carbocycles. The predicted molar refractivity (Wildman–Crippen MR) is 103 cm³/mol. The highest BCUT2D eigenvalue weighted by Gasteiger charge is 2.33. The molecule has 28 heavy (non-hydrogen) atoms. The van der Waals surface area contributed by atoms with Gasteiger partial charge in [-0.2, -0.15) is 13.2 Å². The van der Waals surface area contributed by atoms with E-state index < -0.39 is 11.7 Å². The summed E-state index contributed by atoms with van der Waals surface area (Å²) in [6, 6.07) is 10.8. The van der Waals surface area contributed by atoms with Crippen molar-refractivity contribution < 1.29 is 22.7 Å². The number of nitrogens with one attached hydrogen (secondary N) is 2. The van der Waals surface area contributed by atoms with E-state index in [4.69, 9.17) is 16.3 Å². The minimum absolute atomic E-state index is 0.162. The lowest BCUT2D eigenvalue weighted by molar-refractivity contribution is -0.137. The Hall–Kier alpha value is -2.45. The smallest absolute Gasteiger partial charge is 0.378 e. The quantitative estimate of drug-likeness (QED) is 0.769. The zero-order valence-electron chi connectivity index (χ0n) is 14.9. The fourth-order valence-electron chi connectivity index (χ4n) is 2.82. The molecule has 5 nitrogen and oxygen atoms in total. The molecule has 3 rings (SSSR count). The molecule has 1 aliphatic heterocycles. The maximum atomic E-state index is 12.9. The van der Waals surface area contributed by atoms with E-state index in [1.807, 2.05) is 12.1 Å². The fourth-order valence-corrected chi connectivity index (χ4v) is 3.04. The molecule has 9 heteroatoms. The number of carbonyl (C=O) groups is 1. The number of carbonyl (C=O) groups excluding carboxylic acids is 1. The Bertz CT molecular complexity index is 822. The Kier molecular flexibility index (Phi) is 6.31. The van der Waals surface area contributed by atoms with Crippen LogP contribution in [-0.2, 0) is 15.7 Å². The Balaban J connectivity index is 1.54. The first-order valence-electron chi connectivity index (χ1n) is 8.66. The second-order valence-electron chi connectivity index (χ2n) is 6.24. The van der Waals surface area contributed by atoms with Gasteiger partial charge in [0.25, 0.3) is 0 Å². The van der Waals surface area contributed by atoms with Gasteiger partial charge < -0.3 is 20.3 Å². The van der Waals surface area contributed by atoms with Crippen LogP contribution < -0.4 is 15.5 Å². The van der Waals surface area contributed by atoms with Crippen LogP contribution in [0.4, 0.5) is 30.2 Å². The summed E-state index contributed by atoms with van der Waals surface area (Å²) in [5, 5.41) is 4.99. The molecular weight excluding hydrogens is 395 g/mol. The van der Waals surface area contributed by atoms with E-state index in [9.17, 15) is 18.0 Å². The Morgan fingerprint density at radius 2 is 1.71 bits per heavy atom. The SMILES string of the molecule is O=C(CNc1ccc(Cl)c(C(F)(F)F)c1)Nc1ccc(N2CCOCC2)cc1. The van der Waals surface area contributed by atoms with Gasteiger partial charge in [-0.1, -0.05) is 11.6 Å². The number of alkyl halides is 3. The van der Waals surface area contributed by atoms with Gasteiger partial charge in [-0.05, 0) is 42.5 Å². The maximum absolute atomic E-state index is 12.9. The lowest BCUT2D eigenvalue weighted by Crippen LogP contribution is -2.36. The first-order chi connectivity index (χ1) is 13.3. The highest BCUT2D eigenvalue weighted by molar-refractivity contribution is 6.31. The summed E-state index contributed by atoms with van der Waals surface area (Å²) in [5.41, 5.74) is 0.865. The van der Waals surface area contributed by atoms with Gasteiger partial charge >= 0.3 is 6.18 Å². The van der Waals surface area contributed by atoms with Crippen LogP contribution in [0.1, 0.15) is 5.56 Å². The number of morpholine rings is 1. The predicted octanol–water partition coefficient (Wildman–Crippen LogP) is 4.25. The van der Waals surface area contributed by atoms with Gasteiger partial charge in [-0.3, -0.25) is 4.79 Å². The van der Waals surface area contributed by atoms with Crippen LogP contribution in [0.25, 0.3) is 0 Å². The summed E-state index contributed by atoms with van der Waals surface area (Å²) >= 11 is 5.58. The van der Waals surface area contributed by atoms with Crippen LogP contribution in [0.3, 0.4) is 0 Å². The average molecular weight is 414 g/mol. The zero-order chi connectivity index (χ0) is 20.1. The summed E-state index contributed by atoms with van der Waals surface area (Å²) in [6.07, 6.45) is -4.56. The molecule has 1 amide bonds. The summed E-state index contributed by atoms with van der Waals surface area (Å²) in [5.74, 6) is -0.373. The Morgan fingerprint density at radius 1 is 1.07 bits per heavy atom. The van der Waals surface area contributed by atoms with Crippen molar-refractivity contribution in [3.05, 3.63) is 53.1 Å². The number of ether oxygens (including phenoxy) is 1. The molecule has 0 aliphatic carbocycles. The van der Waals surface area contributed by atoms with Crippen molar-refractivity contribution in [1.82, 2.24) is 0 Å². The lowest BCUT2D eigenvalue weighted by atomic mass is 10.2. The van der Waals surface area contributed by atoms with Gasteiger partial charge in [0.2, 0.25) is 5.91 Å². The van der Waals surface area contributed by atoms with Crippen molar-refractivity contribution in [3.8, 4) is 0 Å². The van der Waals surface area contributed by atoms with Gasteiger partial charge in [0.15, 0.2) is 0 Å². The average Bonchev–Trinajstić information content (AvgIpc) is 2.68. The molecule has 0 radical (unpaired) electrons. The van der Waals surface area contributed by atoms with E-state index in [1.54, 1.807) is 12.1 Å². The third-order valence-electron chi connectivity index (χ3n) is 4.25. The maximum Gasteiger partial charge on any atom is 0.417 e. The molecule has 0 bridgehead atoms. The zero-order valence-corrected chi connectivity index (χ0v) is 15.6. The van der Waals surface area contributed by atoms with Crippen molar-refractivity contribution in [2.75, 3.05) is 48.4 Å². The molecule has 1 aliphatic rings. The summed E-state index contributed by atoms with van der Waals surface area (Å²) < 4.78 is 44.0. The standard InChI is InChI=1S/C19H19ClF3N3O2/c20-17-6-3-14(11-16(17)19(21,22)23)24-12-18(27)25-13-1-4-15(5-2-13)26-7-9-28-10-8-26/h1-6,11,24H,7-10,12H2,(H,25,27). The van der Waals surface area contributed by atoms with Gasteiger partial charge in [-0.25, -0.2) is 0 Å². The molecule has 150 valence electrons. The highest BCUT2D eigenvalue weighted by atomic mass is 35.5. The molecule has 0 spiro atoms. The molecule has 1 saturated heterocycles. The van der Waals surface area contributed by atoms with E-state index in [2.05, 4.69) is 15.5 Å². The van der Waals surface area contributed by atoms with Crippen molar-refractivity contribution in [2.24, 2.45) is 0 Å². The Morgan fingerprint density at radius 3 is 2.36 bits per heavy atom. The molecule has 1 heterocycles. The number of amides is 1. The minimum atomic E-state index is -4.56. The van der Waals surface area contributed by atoms with Crippen LogP contribution in [0.2, 0.25) is 5.02 Å².